The Kier molecular flexibility index (Phi) is 5.65. The van der Waals surface area contributed by atoms with E-state index in [1.807, 2.05) is 47.6 Å². The van der Waals surface area contributed by atoms with Gasteiger partial charge in [0.05, 0.1) is 5.52 Å². The molecule has 28 heavy (non-hydrogen) atoms. The fraction of sp³-hybridized carbons (Fsp3) is 0.429. The highest BCUT2D eigenvalue weighted by Gasteiger charge is 2.24. The van der Waals surface area contributed by atoms with Crippen LogP contribution in [0.1, 0.15) is 60.8 Å². The van der Waals surface area contributed by atoms with Crippen molar-refractivity contribution in [3.05, 3.63) is 50.3 Å². The van der Waals surface area contributed by atoms with Gasteiger partial charge in [-0.2, -0.15) is 0 Å². The first-order valence-electron chi connectivity index (χ1n) is 9.50. The van der Waals surface area contributed by atoms with Crippen molar-refractivity contribution >= 4 is 33.3 Å². The normalized spacial score (nSPS) is 12.5. The molecule has 2 heterocycles. The van der Waals surface area contributed by atoms with Crippen LogP contribution in [0.4, 0.5) is 5.13 Å². The topological polar surface area (TPSA) is 76.9 Å². The average molecular weight is 399 g/mol. The summed E-state index contributed by atoms with van der Waals surface area (Å²) in [5.74, 6) is 0.000796. The van der Waals surface area contributed by atoms with Crippen molar-refractivity contribution in [2.24, 2.45) is 0 Å². The zero-order valence-electron chi connectivity index (χ0n) is 17.2. The molecule has 0 aliphatic heterocycles. The van der Waals surface area contributed by atoms with Gasteiger partial charge in [0.15, 0.2) is 0 Å². The van der Waals surface area contributed by atoms with Crippen molar-refractivity contribution in [1.82, 2.24) is 14.8 Å². The molecule has 0 bridgehead atoms. The lowest BCUT2D eigenvalue weighted by molar-refractivity contribution is -0.119. The van der Waals surface area contributed by atoms with Gasteiger partial charge in [-0.05, 0) is 44.4 Å². The quantitative estimate of drug-likeness (QED) is 0.687. The van der Waals surface area contributed by atoms with Crippen molar-refractivity contribution in [1.29, 1.82) is 0 Å². The highest BCUT2D eigenvalue weighted by molar-refractivity contribution is 7.15. The Hall–Kier alpha value is -2.54. The summed E-state index contributed by atoms with van der Waals surface area (Å²) in [6.45, 7) is 11.9. The number of pyridine rings is 1. The van der Waals surface area contributed by atoms with Gasteiger partial charge in [-0.25, -0.2) is 0 Å². The Labute approximate surface area is 168 Å². The number of hydrogen-bond acceptors (Lipinski definition) is 5. The molecule has 1 aromatic carbocycles. The highest BCUT2D eigenvalue weighted by Crippen LogP contribution is 2.27. The molecule has 3 rings (SSSR count). The summed E-state index contributed by atoms with van der Waals surface area (Å²) in [7, 11) is 0. The van der Waals surface area contributed by atoms with Gasteiger partial charge in [-0.15, -0.1) is 10.2 Å². The first kappa shape index (κ1) is 20.2. The Morgan fingerprint density at radius 3 is 2.46 bits per heavy atom. The summed E-state index contributed by atoms with van der Waals surface area (Å²) in [6.07, 6.45) is 0.493. The summed E-state index contributed by atoms with van der Waals surface area (Å²) in [5.41, 5.74) is 3.69. The predicted octanol–water partition coefficient (Wildman–Crippen LogP) is 4.49. The van der Waals surface area contributed by atoms with Crippen molar-refractivity contribution in [3.63, 3.8) is 0 Å². The average Bonchev–Trinajstić information content (AvgIpc) is 3.07. The molecule has 3 aromatic rings. The lowest BCUT2D eigenvalue weighted by Gasteiger charge is -2.22. The summed E-state index contributed by atoms with van der Waals surface area (Å²) < 4.78 is 1.62. The van der Waals surface area contributed by atoms with E-state index in [-0.39, 0.29) is 17.4 Å². The van der Waals surface area contributed by atoms with E-state index >= 15 is 0 Å². The number of aryl methyl sites for hydroxylation is 3. The molecule has 1 amide bonds. The fourth-order valence-corrected chi connectivity index (χ4v) is 4.27. The van der Waals surface area contributed by atoms with E-state index in [2.05, 4.69) is 21.6 Å². The van der Waals surface area contributed by atoms with Crippen LogP contribution in [0.2, 0.25) is 0 Å². The molecule has 2 aromatic heterocycles. The summed E-state index contributed by atoms with van der Waals surface area (Å²) in [4.78, 5) is 25.9. The number of hydrogen-bond donors (Lipinski definition) is 1. The molecule has 1 N–H and O–H groups in total. The molecule has 1 unspecified atom stereocenters. The molecule has 0 saturated heterocycles. The van der Waals surface area contributed by atoms with E-state index in [0.29, 0.717) is 11.6 Å². The number of nitrogens with one attached hydrogen (secondary N) is 1. The number of anilines is 1. The second kappa shape index (κ2) is 7.83. The lowest BCUT2D eigenvalue weighted by atomic mass is 10.0. The van der Waals surface area contributed by atoms with E-state index in [0.717, 1.165) is 32.6 Å². The summed E-state index contributed by atoms with van der Waals surface area (Å²) >= 11 is 1.37. The molecule has 148 valence electrons. The van der Waals surface area contributed by atoms with E-state index in [1.165, 1.54) is 11.3 Å². The Morgan fingerprint density at radius 2 is 1.86 bits per heavy atom. The number of benzene rings is 1. The molecule has 7 heteroatoms. The second-order valence-electron chi connectivity index (χ2n) is 7.53. The fourth-order valence-electron chi connectivity index (χ4n) is 3.52. The molecule has 0 spiro atoms. The first-order valence-corrected chi connectivity index (χ1v) is 10.3. The zero-order valence-corrected chi connectivity index (χ0v) is 18.0. The minimum atomic E-state index is -0.622. The summed E-state index contributed by atoms with van der Waals surface area (Å²) in [5, 5.41) is 13.4. The smallest absolute Gasteiger partial charge is 0.252 e. The van der Waals surface area contributed by atoms with Gasteiger partial charge in [0.2, 0.25) is 11.0 Å². The minimum Gasteiger partial charge on any atom is -0.299 e. The molecule has 1 atom stereocenters. The van der Waals surface area contributed by atoms with Crippen LogP contribution in [-0.4, -0.2) is 20.7 Å². The third kappa shape index (κ3) is 3.71. The number of carbonyl (C=O) groups excluding carboxylic acids is 1. The number of carbonyl (C=O) groups is 1. The van der Waals surface area contributed by atoms with Gasteiger partial charge in [-0.1, -0.05) is 43.7 Å². The number of aromatic nitrogens is 3. The van der Waals surface area contributed by atoms with E-state index in [1.54, 1.807) is 10.6 Å². The maximum atomic E-state index is 13.1. The molecule has 0 aliphatic rings. The maximum Gasteiger partial charge on any atom is 0.252 e. The molecule has 0 aliphatic carbocycles. The van der Waals surface area contributed by atoms with Crippen LogP contribution >= 0.6 is 11.3 Å². The van der Waals surface area contributed by atoms with Crippen LogP contribution in [0.25, 0.3) is 10.9 Å². The molecular formula is C21H26N4O2S. The van der Waals surface area contributed by atoms with Crippen molar-refractivity contribution in [2.75, 3.05) is 5.32 Å². The van der Waals surface area contributed by atoms with E-state index in [4.69, 9.17) is 0 Å². The molecule has 6 nitrogen and oxygen atoms in total. The van der Waals surface area contributed by atoms with Crippen LogP contribution in [0, 0.1) is 20.8 Å². The number of fused-ring (bicyclic) bond motifs is 1. The Morgan fingerprint density at radius 1 is 1.14 bits per heavy atom. The van der Waals surface area contributed by atoms with Crippen LogP contribution < -0.4 is 10.9 Å². The minimum absolute atomic E-state index is 0.168. The van der Waals surface area contributed by atoms with Crippen LogP contribution in [-0.2, 0) is 4.79 Å². The number of amides is 1. The number of rotatable bonds is 5. The largest absolute Gasteiger partial charge is 0.299 e. The monoisotopic (exact) mass is 398 g/mol. The van der Waals surface area contributed by atoms with Gasteiger partial charge in [0, 0.05) is 17.4 Å². The highest BCUT2D eigenvalue weighted by atomic mass is 32.1. The molecule has 0 fully saturated rings. The Balaban J connectivity index is 2.08. The van der Waals surface area contributed by atoms with E-state index < -0.39 is 6.04 Å². The van der Waals surface area contributed by atoms with Gasteiger partial charge >= 0.3 is 0 Å². The van der Waals surface area contributed by atoms with Crippen LogP contribution in [0.15, 0.2) is 23.0 Å². The Bertz CT molecular complexity index is 1100. The number of nitrogens with zero attached hydrogens (tertiary/aromatic N) is 3. The van der Waals surface area contributed by atoms with Crippen molar-refractivity contribution < 1.29 is 4.79 Å². The summed E-state index contributed by atoms with van der Waals surface area (Å²) in [6, 6.07) is 5.10. The van der Waals surface area contributed by atoms with Gasteiger partial charge in [0.25, 0.3) is 5.56 Å². The first-order chi connectivity index (χ1) is 13.2. The lowest BCUT2D eigenvalue weighted by Crippen LogP contribution is -2.33. The van der Waals surface area contributed by atoms with Crippen molar-refractivity contribution in [3.8, 4) is 0 Å². The van der Waals surface area contributed by atoms with Gasteiger partial charge in [-0.3, -0.25) is 19.5 Å². The van der Waals surface area contributed by atoms with Gasteiger partial charge in [0.1, 0.15) is 11.0 Å². The standard InChI is InChI=1S/C21H26N4O2S/c1-7-16(19(27)22-21-24-23-20(28-21)11(2)3)25-17(26)10-13(5)15-9-12(4)8-14(6)18(15)25/h8-11,16H,7H2,1-6H3,(H,22,24,27). The molecular weight excluding hydrogens is 372 g/mol. The third-order valence-corrected chi connectivity index (χ3v) is 5.99. The molecule has 0 saturated carbocycles. The second-order valence-corrected chi connectivity index (χ2v) is 8.54. The predicted molar refractivity (Wildman–Crippen MR) is 114 cm³/mol. The SMILES string of the molecule is CCC(C(=O)Nc1nnc(C(C)C)s1)n1c(=O)cc(C)c2cc(C)cc(C)c21. The molecule has 0 radical (unpaired) electrons. The maximum absolute atomic E-state index is 13.1. The zero-order chi connectivity index (χ0) is 20.6. The van der Waals surface area contributed by atoms with Crippen LogP contribution in [0.5, 0.6) is 0 Å². The van der Waals surface area contributed by atoms with Gasteiger partial charge < -0.3 is 0 Å². The van der Waals surface area contributed by atoms with E-state index in [9.17, 15) is 9.59 Å². The van der Waals surface area contributed by atoms with Crippen LogP contribution in [0.3, 0.4) is 0 Å². The van der Waals surface area contributed by atoms with Crippen molar-refractivity contribution in [2.45, 2.75) is 59.9 Å². The third-order valence-electron chi connectivity index (χ3n) is 4.85.